The Hall–Kier alpha value is -8.38. The van der Waals surface area contributed by atoms with Crippen LogP contribution < -0.4 is 5.73 Å². The molecule has 0 aliphatic heterocycles. The molecule has 0 saturated heterocycles. The van der Waals surface area contributed by atoms with E-state index >= 15 is 0 Å². The van der Waals surface area contributed by atoms with Crippen LogP contribution in [0.25, 0.3) is 98.6 Å². The molecule has 0 aliphatic rings. The van der Waals surface area contributed by atoms with Gasteiger partial charge in [0.05, 0.1) is 33.1 Å². The van der Waals surface area contributed by atoms with Crippen molar-refractivity contribution in [2.75, 3.05) is 0 Å². The Morgan fingerprint density at radius 3 is 1.35 bits per heavy atom. The number of fused-ring (bicyclic) bond motifs is 10. The maximum absolute atomic E-state index is 7.23. The molecule has 0 fully saturated rings. The van der Waals surface area contributed by atoms with Gasteiger partial charge in [-0.25, -0.2) is 0 Å². The van der Waals surface area contributed by atoms with E-state index in [4.69, 9.17) is 11.1 Å². The van der Waals surface area contributed by atoms with Gasteiger partial charge in [0, 0.05) is 49.4 Å². The summed E-state index contributed by atoms with van der Waals surface area (Å²) < 4.78 is 7.23. The third kappa shape index (κ3) is 5.97. The maximum Gasteiger partial charge on any atom is 0.0561 e. The summed E-state index contributed by atoms with van der Waals surface area (Å²) in [5.74, 6) is 0. The van der Waals surface area contributed by atoms with E-state index in [1.54, 1.807) is 0 Å². The second-order valence-corrected chi connectivity index (χ2v) is 17.1. The number of nitrogens with two attached hydrogens (primary N) is 1. The Morgan fingerprint density at radius 2 is 0.800 bits per heavy atom. The highest BCUT2D eigenvalue weighted by Crippen LogP contribution is 2.42. The lowest BCUT2D eigenvalue weighted by Crippen LogP contribution is -2.09. The molecule has 0 radical (unpaired) electrons. The van der Waals surface area contributed by atoms with E-state index in [9.17, 15) is 0 Å². The van der Waals surface area contributed by atoms with Crippen LogP contribution in [-0.2, 0) is 6.42 Å². The van der Waals surface area contributed by atoms with Crippen molar-refractivity contribution in [3.8, 4) is 17.1 Å². The zero-order valence-electron chi connectivity index (χ0n) is 35.5. The van der Waals surface area contributed by atoms with Crippen LogP contribution in [0.1, 0.15) is 22.9 Å². The molecule has 65 heavy (non-hydrogen) atoms. The van der Waals surface area contributed by atoms with Gasteiger partial charge < -0.3 is 24.8 Å². The molecule has 1 unspecified atom stereocenters. The molecule has 0 spiro atoms. The van der Waals surface area contributed by atoms with E-state index < -0.39 is 6.17 Å². The molecule has 5 heteroatoms. The normalized spacial score (nSPS) is 12.4. The minimum absolute atomic E-state index is 0.607. The maximum atomic E-state index is 7.23. The van der Waals surface area contributed by atoms with Crippen LogP contribution in [0.5, 0.6) is 0 Å². The lowest BCUT2D eigenvalue weighted by atomic mass is 9.98. The van der Waals surface area contributed by atoms with Crippen molar-refractivity contribution in [2.45, 2.75) is 12.6 Å². The fourth-order valence-electron chi connectivity index (χ4n) is 10.4. The molecular weight excluding hydrogens is 791 g/mol. The van der Waals surface area contributed by atoms with Crippen LogP contribution >= 0.6 is 0 Å². The molecule has 0 bridgehead atoms. The van der Waals surface area contributed by atoms with Crippen LogP contribution in [0.3, 0.4) is 0 Å². The molecule has 13 rings (SSSR count). The van der Waals surface area contributed by atoms with Crippen LogP contribution in [-0.4, -0.2) is 13.7 Å². The van der Waals surface area contributed by atoms with E-state index in [-0.39, 0.29) is 0 Å². The molecule has 1 atom stereocenters. The van der Waals surface area contributed by atoms with E-state index in [0.29, 0.717) is 0 Å². The van der Waals surface area contributed by atoms with Crippen molar-refractivity contribution in [1.82, 2.24) is 13.7 Å². The number of benzene rings is 10. The van der Waals surface area contributed by atoms with Crippen molar-refractivity contribution in [3.05, 3.63) is 246 Å². The number of para-hydroxylation sites is 4. The Morgan fingerprint density at radius 1 is 0.354 bits per heavy atom. The second-order valence-electron chi connectivity index (χ2n) is 17.1. The fourth-order valence-corrected chi connectivity index (χ4v) is 10.4. The minimum Gasteiger partial charge on any atom is -0.666 e. The molecule has 3 aromatic heterocycles. The molecule has 2 N–H and O–H groups in total. The van der Waals surface area contributed by atoms with E-state index in [1.165, 1.54) is 59.9 Å². The first kappa shape index (κ1) is 37.2. The third-order valence-corrected chi connectivity index (χ3v) is 13.4. The third-order valence-electron chi connectivity index (χ3n) is 13.4. The molecule has 0 amide bonds. The van der Waals surface area contributed by atoms with Crippen molar-refractivity contribution in [1.29, 1.82) is 0 Å². The molecule has 3 heterocycles. The zero-order valence-corrected chi connectivity index (χ0v) is 35.5. The van der Waals surface area contributed by atoms with Gasteiger partial charge in [0.2, 0.25) is 0 Å². The van der Waals surface area contributed by atoms with Gasteiger partial charge in [-0.2, -0.15) is 0 Å². The average molecular weight is 833 g/mol. The standard InChI is InChI=1S/C60H42N5/c61-60(62-59-41(35-39-15-2-1-3-16-39)30-29-40-17-4-5-20-46(40)59)42-18-14-19-43(36-42)65-57-37-44(63-53-25-10-6-21-47(53)48-22-7-11-26-54(48)63)31-33-51(57)52-34-32-45(38-58(52)65)64-55-27-12-8-23-49(55)50-24-9-13-28-56(50)64/h1-34,36-38,60H,35,61H2/q-1. The Kier molecular flexibility index (Phi) is 8.51. The first-order chi connectivity index (χ1) is 32.2. The van der Waals surface area contributed by atoms with Gasteiger partial charge in [-0.3, -0.25) is 0 Å². The Bertz CT molecular complexity index is 3700. The lowest BCUT2D eigenvalue weighted by Gasteiger charge is -2.34. The highest BCUT2D eigenvalue weighted by atomic mass is 15.0. The summed E-state index contributed by atoms with van der Waals surface area (Å²) in [4.78, 5) is 0. The average Bonchev–Trinajstić information content (AvgIpc) is 4.00. The van der Waals surface area contributed by atoms with Crippen molar-refractivity contribution >= 4 is 81.9 Å². The van der Waals surface area contributed by atoms with Gasteiger partial charge in [-0.05, 0) is 95.1 Å². The highest BCUT2D eigenvalue weighted by molar-refractivity contribution is 6.13. The number of aromatic nitrogens is 3. The van der Waals surface area contributed by atoms with Gasteiger partial charge in [-0.15, -0.1) is 5.69 Å². The SMILES string of the molecule is NC([N-]c1c(Cc2ccccc2)ccc2ccccc12)c1cccc(-n2c3cc(-n4c5ccccc5c5ccccc54)ccc3c3ccc(-n4c5ccccc5c5ccccc54)cc32)c1. The van der Waals surface area contributed by atoms with Gasteiger partial charge in [0.1, 0.15) is 0 Å². The first-order valence-electron chi connectivity index (χ1n) is 22.3. The van der Waals surface area contributed by atoms with Gasteiger partial charge in [0.25, 0.3) is 0 Å². The molecule has 0 saturated carbocycles. The van der Waals surface area contributed by atoms with Gasteiger partial charge >= 0.3 is 0 Å². The molecule has 10 aromatic carbocycles. The van der Waals surface area contributed by atoms with Crippen LogP contribution in [0.4, 0.5) is 5.69 Å². The summed E-state index contributed by atoms with van der Waals surface area (Å²) >= 11 is 0. The van der Waals surface area contributed by atoms with Crippen molar-refractivity contribution in [2.24, 2.45) is 5.73 Å². The highest BCUT2D eigenvalue weighted by Gasteiger charge is 2.19. The van der Waals surface area contributed by atoms with Gasteiger partial charge in [-0.1, -0.05) is 169 Å². The first-order valence-corrected chi connectivity index (χ1v) is 22.3. The Labute approximate surface area is 375 Å². The Balaban J connectivity index is 1.01. The largest absolute Gasteiger partial charge is 0.666 e. The van der Waals surface area contributed by atoms with Crippen molar-refractivity contribution in [3.63, 3.8) is 0 Å². The summed E-state index contributed by atoms with van der Waals surface area (Å²) in [5, 5.41) is 14.9. The van der Waals surface area contributed by atoms with E-state index in [0.717, 1.165) is 62.1 Å². The van der Waals surface area contributed by atoms with E-state index in [2.05, 4.69) is 238 Å². The van der Waals surface area contributed by atoms with Crippen LogP contribution in [0, 0.1) is 0 Å². The fraction of sp³-hybridized carbons (Fsp3) is 0.0333. The summed E-state index contributed by atoms with van der Waals surface area (Å²) in [7, 11) is 0. The van der Waals surface area contributed by atoms with Crippen LogP contribution in [0.2, 0.25) is 0 Å². The number of nitrogens with zero attached hydrogens (tertiary/aromatic N) is 4. The number of rotatable bonds is 8. The topological polar surface area (TPSA) is 54.9 Å². The number of hydrogen-bond donors (Lipinski definition) is 1. The molecular formula is C60H42N5-. The van der Waals surface area contributed by atoms with E-state index in [1.807, 2.05) is 0 Å². The predicted molar refractivity (Wildman–Crippen MR) is 273 cm³/mol. The monoisotopic (exact) mass is 832 g/mol. The summed E-state index contributed by atoms with van der Waals surface area (Å²) in [6.45, 7) is 0. The number of hydrogen-bond acceptors (Lipinski definition) is 1. The molecule has 5 nitrogen and oxygen atoms in total. The van der Waals surface area contributed by atoms with Gasteiger partial charge in [0.15, 0.2) is 0 Å². The zero-order chi connectivity index (χ0) is 43.0. The summed E-state index contributed by atoms with van der Waals surface area (Å²) in [5.41, 5.74) is 21.7. The van der Waals surface area contributed by atoms with Crippen LogP contribution in [0.15, 0.2) is 224 Å². The second kappa shape index (κ2) is 14.9. The quantitative estimate of drug-likeness (QED) is 0.163. The molecule has 308 valence electrons. The molecule has 0 aliphatic carbocycles. The lowest BCUT2D eigenvalue weighted by molar-refractivity contribution is 0.877. The van der Waals surface area contributed by atoms with Crippen molar-refractivity contribution < 1.29 is 0 Å². The smallest absolute Gasteiger partial charge is 0.0561 e. The molecule has 13 aromatic rings. The predicted octanol–water partition coefficient (Wildman–Crippen LogP) is 15.4. The summed E-state index contributed by atoms with van der Waals surface area (Å²) in [6, 6.07) is 80.8. The minimum atomic E-state index is -0.607. The summed E-state index contributed by atoms with van der Waals surface area (Å²) in [6.07, 6.45) is 0.158.